The number of nitrogens with one attached hydrogen (secondary N) is 2. The molecule has 3 amide bonds. The Morgan fingerprint density at radius 2 is 1.81 bits per heavy atom. The second-order valence-corrected chi connectivity index (χ2v) is 10.2. The second kappa shape index (κ2) is 13.5. The van der Waals surface area contributed by atoms with E-state index >= 15 is 0 Å². The van der Waals surface area contributed by atoms with E-state index in [-0.39, 0.29) is 30.0 Å². The lowest BCUT2D eigenvalue weighted by Crippen LogP contribution is -2.37. The number of anilines is 1. The number of fused-ring (bicyclic) bond motifs is 1. The summed E-state index contributed by atoms with van der Waals surface area (Å²) >= 11 is 13.2. The van der Waals surface area contributed by atoms with Crippen LogP contribution in [0.25, 0.3) is 17.1 Å². The number of imidazole rings is 1. The standard InChI is InChI=1S/C31H31Cl2N5O4/c1-5-38-19(2)36-30-25(38)7-6-8-26(30)42-18-22-23(32)14-15-24(29(22)33)37(4)28(40)17-35-27(39)16-11-20-9-12-21(13-10-20)31(41)34-3/h6-16H,5,17-18H2,1-4H3,(H,34,41)(H,35,39). The van der Waals surface area contributed by atoms with Crippen LogP contribution in [0.4, 0.5) is 5.69 Å². The van der Waals surface area contributed by atoms with Crippen molar-refractivity contribution in [2.24, 2.45) is 0 Å². The number of amides is 3. The molecule has 4 rings (SSSR count). The van der Waals surface area contributed by atoms with Gasteiger partial charge < -0.3 is 24.8 Å². The van der Waals surface area contributed by atoms with Crippen LogP contribution in [0.5, 0.6) is 5.75 Å². The van der Waals surface area contributed by atoms with Crippen LogP contribution in [-0.4, -0.2) is 47.9 Å². The van der Waals surface area contributed by atoms with Crippen molar-refractivity contribution in [3.05, 3.63) is 93.2 Å². The van der Waals surface area contributed by atoms with Crippen molar-refractivity contribution in [3.63, 3.8) is 0 Å². The second-order valence-electron chi connectivity index (χ2n) is 9.38. The lowest BCUT2D eigenvalue weighted by atomic mass is 10.1. The van der Waals surface area contributed by atoms with Gasteiger partial charge in [-0.05, 0) is 61.9 Å². The van der Waals surface area contributed by atoms with Crippen molar-refractivity contribution in [1.29, 1.82) is 0 Å². The van der Waals surface area contributed by atoms with E-state index in [2.05, 4.69) is 27.1 Å². The monoisotopic (exact) mass is 607 g/mol. The fraction of sp³-hybridized carbons (Fsp3) is 0.226. The molecule has 0 bridgehead atoms. The van der Waals surface area contributed by atoms with Crippen LogP contribution in [-0.2, 0) is 22.7 Å². The van der Waals surface area contributed by atoms with Crippen LogP contribution in [0.3, 0.4) is 0 Å². The maximum Gasteiger partial charge on any atom is 0.251 e. The van der Waals surface area contributed by atoms with Crippen LogP contribution in [0, 0.1) is 6.92 Å². The summed E-state index contributed by atoms with van der Waals surface area (Å²) in [7, 11) is 3.12. The molecule has 0 saturated carbocycles. The molecule has 2 N–H and O–H groups in total. The predicted octanol–water partition coefficient (Wildman–Crippen LogP) is 5.40. The van der Waals surface area contributed by atoms with Crippen molar-refractivity contribution in [2.45, 2.75) is 27.0 Å². The first-order valence-electron chi connectivity index (χ1n) is 13.2. The molecule has 1 aromatic heterocycles. The summed E-state index contributed by atoms with van der Waals surface area (Å²) in [5, 5.41) is 5.80. The number of hydrogen-bond acceptors (Lipinski definition) is 5. The molecule has 0 fully saturated rings. The number of rotatable bonds is 10. The molecular formula is C31H31Cl2N5O4. The molecule has 3 aromatic carbocycles. The summed E-state index contributed by atoms with van der Waals surface area (Å²) in [5.41, 5.74) is 3.91. The third kappa shape index (κ3) is 6.75. The minimum absolute atomic E-state index is 0.0658. The number of nitrogens with zero attached hydrogens (tertiary/aromatic N) is 3. The quantitative estimate of drug-likeness (QED) is 0.235. The number of benzene rings is 3. The van der Waals surface area contributed by atoms with Gasteiger partial charge >= 0.3 is 0 Å². The molecule has 42 heavy (non-hydrogen) atoms. The minimum Gasteiger partial charge on any atom is -0.486 e. The van der Waals surface area contributed by atoms with Gasteiger partial charge in [-0.3, -0.25) is 14.4 Å². The first kappa shape index (κ1) is 30.6. The maximum atomic E-state index is 12.9. The van der Waals surface area contributed by atoms with Gasteiger partial charge in [-0.1, -0.05) is 41.4 Å². The van der Waals surface area contributed by atoms with Gasteiger partial charge in [0.2, 0.25) is 11.8 Å². The van der Waals surface area contributed by atoms with Crippen LogP contribution < -0.4 is 20.3 Å². The lowest BCUT2D eigenvalue weighted by Gasteiger charge is -2.21. The molecule has 0 aliphatic carbocycles. The predicted molar refractivity (Wildman–Crippen MR) is 166 cm³/mol. The maximum absolute atomic E-state index is 12.9. The molecule has 0 unspecified atom stereocenters. The lowest BCUT2D eigenvalue weighted by molar-refractivity contribution is -0.122. The van der Waals surface area contributed by atoms with Gasteiger partial charge in [-0.25, -0.2) is 4.98 Å². The van der Waals surface area contributed by atoms with Crippen molar-refractivity contribution in [3.8, 4) is 5.75 Å². The summed E-state index contributed by atoms with van der Waals surface area (Å²) < 4.78 is 8.21. The molecule has 11 heteroatoms. The van der Waals surface area contributed by atoms with Gasteiger partial charge in [0.15, 0.2) is 0 Å². The topological polar surface area (TPSA) is 106 Å². The number of hydrogen-bond donors (Lipinski definition) is 2. The van der Waals surface area contributed by atoms with Gasteiger partial charge in [0, 0.05) is 42.9 Å². The van der Waals surface area contributed by atoms with Crippen LogP contribution >= 0.6 is 23.2 Å². The Morgan fingerprint density at radius 3 is 2.50 bits per heavy atom. The van der Waals surface area contributed by atoms with E-state index in [4.69, 9.17) is 27.9 Å². The van der Waals surface area contributed by atoms with Crippen molar-refractivity contribution >= 4 is 63.7 Å². The Kier molecular flexibility index (Phi) is 9.88. The minimum atomic E-state index is -0.446. The van der Waals surface area contributed by atoms with Crippen LogP contribution in [0.15, 0.2) is 60.7 Å². The summed E-state index contributed by atoms with van der Waals surface area (Å²) in [6.07, 6.45) is 2.91. The first-order valence-corrected chi connectivity index (χ1v) is 14.0. The number of para-hydroxylation sites is 1. The zero-order valence-corrected chi connectivity index (χ0v) is 25.2. The molecule has 0 aliphatic heterocycles. The normalized spacial score (nSPS) is 11.1. The molecule has 0 spiro atoms. The van der Waals surface area contributed by atoms with E-state index < -0.39 is 5.91 Å². The SMILES string of the molecule is CCn1c(C)nc2c(OCc3c(Cl)ccc(N(C)C(=O)CNC(=O)C=Cc4ccc(C(=O)NC)cc4)c3Cl)cccc21. The molecule has 1 heterocycles. The highest BCUT2D eigenvalue weighted by Gasteiger charge is 2.20. The summed E-state index contributed by atoms with van der Waals surface area (Å²) in [5.74, 6) is 0.467. The fourth-order valence-electron chi connectivity index (χ4n) is 4.42. The Balaban J connectivity index is 1.40. The summed E-state index contributed by atoms with van der Waals surface area (Å²) in [4.78, 5) is 42.9. The van der Waals surface area contributed by atoms with Gasteiger partial charge in [0.05, 0.1) is 22.8 Å². The number of aryl methyl sites for hydroxylation is 2. The van der Waals surface area contributed by atoms with E-state index in [0.717, 1.165) is 29.0 Å². The van der Waals surface area contributed by atoms with Crippen molar-refractivity contribution < 1.29 is 19.1 Å². The van der Waals surface area contributed by atoms with Crippen molar-refractivity contribution in [2.75, 3.05) is 25.5 Å². The van der Waals surface area contributed by atoms with E-state index in [1.165, 1.54) is 11.0 Å². The molecule has 4 aromatic rings. The smallest absolute Gasteiger partial charge is 0.251 e. The molecule has 218 valence electrons. The highest BCUT2D eigenvalue weighted by molar-refractivity contribution is 6.38. The highest BCUT2D eigenvalue weighted by atomic mass is 35.5. The molecule has 0 aliphatic rings. The zero-order chi connectivity index (χ0) is 30.4. The third-order valence-electron chi connectivity index (χ3n) is 6.76. The van der Waals surface area contributed by atoms with Crippen LogP contribution in [0.2, 0.25) is 10.0 Å². The van der Waals surface area contributed by atoms with Gasteiger partial charge in [-0.15, -0.1) is 0 Å². The average Bonchev–Trinajstić information content (AvgIpc) is 3.33. The summed E-state index contributed by atoms with van der Waals surface area (Å²) in [6, 6.07) is 15.8. The number of carbonyl (C=O) groups is 3. The van der Waals surface area contributed by atoms with E-state index in [9.17, 15) is 14.4 Å². The van der Waals surface area contributed by atoms with Gasteiger partial charge in [0.1, 0.15) is 23.7 Å². The molecule has 9 nitrogen and oxygen atoms in total. The molecule has 0 saturated heterocycles. The van der Waals surface area contributed by atoms with E-state index in [0.29, 0.717) is 27.6 Å². The van der Waals surface area contributed by atoms with E-state index in [1.54, 1.807) is 56.6 Å². The summed E-state index contributed by atoms with van der Waals surface area (Å²) in [6.45, 7) is 4.61. The molecule has 0 atom stereocenters. The van der Waals surface area contributed by atoms with Crippen molar-refractivity contribution in [1.82, 2.24) is 20.2 Å². The number of ether oxygens (including phenoxy) is 1. The Hall–Kier alpha value is -4.34. The average molecular weight is 609 g/mol. The Labute approximate surface area is 254 Å². The van der Waals surface area contributed by atoms with Gasteiger partial charge in [-0.2, -0.15) is 0 Å². The third-order valence-corrected chi connectivity index (χ3v) is 7.54. The number of likely N-dealkylation sites (N-methyl/N-ethyl adjacent to an activating group) is 1. The number of carbonyl (C=O) groups excluding carboxylic acids is 3. The Bertz CT molecular complexity index is 1660. The fourth-order valence-corrected chi connectivity index (χ4v) is 5.02. The number of aromatic nitrogens is 2. The highest BCUT2D eigenvalue weighted by Crippen LogP contribution is 2.35. The van der Waals surface area contributed by atoms with Crippen LogP contribution in [0.1, 0.15) is 34.2 Å². The molecular weight excluding hydrogens is 577 g/mol. The molecule has 0 radical (unpaired) electrons. The number of halogens is 2. The van der Waals surface area contributed by atoms with Gasteiger partial charge in [0.25, 0.3) is 5.91 Å². The Morgan fingerprint density at radius 1 is 1.07 bits per heavy atom. The first-order chi connectivity index (χ1) is 20.1. The van der Waals surface area contributed by atoms with E-state index in [1.807, 2.05) is 25.1 Å². The largest absolute Gasteiger partial charge is 0.486 e. The zero-order valence-electron chi connectivity index (χ0n) is 23.7.